The van der Waals surface area contributed by atoms with E-state index >= 15 is 0 Å². The van der Waals surface area contributed by atoms with Gasteiger partial charge in [0.2, 0.25) is 0 Å². The van der Waals surface area contributed by atoms with Crippen LogP contribution in [0.2, 0.25) is 5.02 Å². The van der Waals surface area contributed by atoms with E-state index < -0.39 is 0 Å². The molecule has 2 unspecified atom stereocenters. The Labute approximate surface area is 135 Å². The molecular weight excluding hydrogens is 302 g/mol. The molecular formula is C17H20ClNO3. The van der Waals surface area contributed by atoms with E-state index in [1.165, 1.54) is 0 Å². The second-order valence-corrected chi connectivity index (χ2v) is 6.47. The Morgan fingerprint density at radius 1 is 1.50 bits per heavy atom. The van der Waals surface area contributed by atoms with Gasteiger partial charge in [-0.3, -0.25) is 4.79 Å². The van der Waals surface area contributed by atoms with E-state index in [1.807, 2.05) is 17.0 Å². The Balaban J connectivity index is 1.78. The van der Waals surface area contributed by atoms with Crippen LogP contribution in [-0.2, 0) is 4.79 Å². The van der Waals surface area contributed by atoms with E-state index in [-0.39, 0.29) is 24.5 Å². The summed E-state index contributed by atoms with van der Waals surface area (Å²) in [7, 11) is 0. The first kappa shape index (κ1) is 15.4. The average molecular weight is 322 g/mol. The van der Waals surface area contributed by atoms with Crippen LogP contribution < -0.4 is 4.74 Å². The number of likely N-dealkylation sites (tertiary alicyclic amines) is 1. The molecule has 1 amide bonds. The first-order chi connectivity index (χ1) is 10.5. The quantitative estimate of drug-likeness (QED) is 0.911. The standard InChI is InChI=1S/C17H20ClNO3/c1-11(20)12-3-2-6-19(9-12)17(21)14-7-13-8-15(18)4-5-16(13)22-10-14/h4-5,7-8,11-12,20H,2-3,6,9-10H2,1H3. The van der Waals surface area contributed by atoms with Crippen molar-refractivity contribution in [1.82, 2.24) is 4.90 Å². The smallest absolute Gasteiger partial charge is 0.253 e. The van der Waals surface area contributed by atoms with E-state index in [0.717, 1.165) is 30.7 Å². The van der Waals surface area contributed by atoms with Crippen LogP contribution in [0.1, 0.15) is 25.3 Å². The number of benzene rings is 1. The van der Waals surface area contributed by atoms with E-state index in [2.05, 4.69) is 0 Å². The number of amides is 1. The maximum Gasteiger partial charge on any atom is 0.253 e. The highest BCUT2D eigenvalue weighted by molar-refractivity contribution is 6.30. The molecule has 0 spiro atoms. The summed E-state index contributed by atoms with van der Waals surface area (Å²) in [4.78, 5) is 14.5. The van der Waals surface area contributed by atoms with E-state index in [1.54, 1.807) is 19.1 Å². The number of hydrogen-bond acceptors (Lipinski definition) is 3. The lowest BCUT2D eigenvalue weighted by molar-refractivity contribution is -0.130. The molecule has 118 valence electrons. The van der Waals surface area contributed by atoms with Crippen LogP contribution in [0, 0.1) is 5.92 Å². The molecule has 2 aliphatic heterocycles. The highest BCUT2D eigenvalue weighted by Crippen LogP contribution is 2.30. The van der Waals surface area contributed by atoms with Crippen molar-refractivity contribution >= 4 is 23.6 Å². The van der Waals surface area contributed by atoms with Crippen molar-refractivity contribution in [3.05, 3.63) is 34.4 Å². The van der Waals surface area contributed by atoms with Gasteiger partial charge in [-0.1, -0.05) is 11.6 Å². The number of halogens is 1. The van der Waals surface area contributed by atoms with Gasteiger partial charge in [-0.15, -0.1) is 0 Å². The summed E-state index contributed by atoms with van der Waals surface area (Å²) in [5, 5.41) is 10.4. The number of rotatable bonds is 2. The zero-order valence-corrected chi connectivity index (χ0v) is 13.3. The van der Waals surface area contributed by atoms with Gasteiger partial charge in [0.05, 0.1) is 11.7 Å². The molecule has 2 aliphatic rings. The maximum atomic E-state index is 12.7. The summed E-state index contributed by atoms with van der Waals surface area (Å²) >= 11 is 6.00. The topological polar surface area (TPSA) is 49.8 Å². The van der Waals surface area contributed by atoms with Gasteiger partial charge in [0.15, 0.2) is 0 Å². The second-order valence-electron chi connectivity index (χ2n) is 6.03. The third-order valence-corrected chi connectivity index (χ3v) is 4.62. The van der Waals surface area contributed by atoms with Gasteiger partial charge in [0, 0.05) is 29.6 Å². The summed E-state index contributed by atoms with van der Waals surface area (Å²) in [6.45, 7) is 3.42. The molecule has 4 nitrogen and oxygen atoms in total. The van der Waals surface area contributed by atoms with Crippen molar-refractivity contribution in [2.75, 3.05) is 19.7 Å². The lowest BCUT2D eigenvalue weighted by Gasteiger charge is -2.35. The minimum atomic E-state index is -0.383. The van der Waals surface area contributed by atoms with Gasteiger partial charge in [-0.05, 0) is 44.0 Å². The third kappa shape index (κ3) is 3.13. The highest BCUT2D eigenvalue weighted by Gasteiger charge is 2.29. The number of carbonyl (C=O) groups is 1. The first-order valence-corrected chi connectivity index (χ1v) is 8.02. The fourth-order valence-electron chi connectivity index (χ4n) is 3.06. The van der Waals surface area contributed by atoms with Gasteiger partial charge < -0.3 is 14.7 Å². The van der Waals surface area contributed by atoms with Crippen LogP contribution in [0.4, 0.5) is 0 Å². The molecule has 0 radical (unpaired) electrons. The predicted molar refractivity (Wildman–Crippen MR) is 85.9 cm³/mol. The number of fused-ring (bicyclic) bond motifs is 1. The van der Waals surface area contributed by atoms with Gasteiger partial charge in [-0.25, -0.2) is 0 Å². The molecule has 1 fully saturated rings. The zero-order valence-electron chi connectivity index (χ0n) is 12.6. The largest absolute Gasteiger partial charge is 0.488 e. The SMILES string of the molecule is CC(O)C1CCCN(C(=O)C2=Cc3cc(Cl)ccc3OC2)C1. The maximum absolute atomic E-state index is 12.7. The van der Waals surface area contributed by atoms with Crippen molar-refractivity contribution in [2.24, 2.45) is 5.92 Å². The summed E-state index contributed by atoms with van der Waals surface area (Å²) in [6.07, 6.45) is 3.37. The fourth-order valence-corrected chi connectivity index (χ4v) is 3.24. The molecule has 5 heteroatoms. The van der Waals surface area contributed by atoms with Gasteiger partial charge in [-0.2, -0.15) is 0 Å². The molecule has 3 rings (SSSR count). The second kappa shape index (κ2) is 6.31. The number of aliphatic hydroxyl groups is 1. The normalized spacial score (nSPS) is 22.4. The summed E-state index contributed by atoms with van der Waals surface area (Å²) in [5.41, 5.74) is 1.48. The predicted octanol–water partition coefficient (Wildman–Crippen LogP) is 2.74. The van der Waals surface area contributed by atoms with E-state index in [0.29, 0.717) is 17.1 Å². The van der Waals surface area contributed by atoms with Crippen molar-refractivity contribution < 1.29 is 14.6 Å². The molecule has 1 aromatic carbocycles. The molecule has 0 saturated carbocycles. The average Bonchev–Trinajstić information content (AvgIpc) is 2.53. The zero-order chi connectivity index (χ0) is 15.7. The number of carbonyl (C=O) groups excluding carboxylic acids is 1. The fraction of sp³-hybridized carbons (Fsp3) is 0.471. The van der Waals surface area contributed by atoms with Crippen LogP contribution in [0.15, 0.2) is 23.8 Å². The Morgan fingerprint density at radius 2 is 2.32 bits per heavy atom. The van der Waals surface area contributed by atoms with Crippen LogP contribution >= 0.6 is 11.6 Å². The molecule has 1 aromatic rings. The van der Waals surface area contributed by atoms with Crippen molar-refractivity contribution in [1.29, 1.82) is 0 Å². The highest BCUT2D eigenvalue weighted by atomic mass is 35.5. The Kier molecular flexibility index (Phi) is 4.41. The van der Waals surface area contributed by atoms with Crippen LogP contribution in [0.3, 0.4) is 0 Å². The van der Waals surface area contributed by atoms with Crippen LogP contribution in [0.25, 0.3) is 6.08 Å². The number of hydrogen-bond donors (Lipinski definition) is 1. The molecule has 0 bridgehead atoms. The number of nitrogens with zero attached hydrogens (tertiary/aromatic N) is 1. The molecule has 0 aromatic heterocycles. The number of piperidine rings is 1. The number of ether oxygens (including phenoxy) is 1. The Bertz CT molecular complexity index is 612. The monoisotopic (exact) mass is 321 g/mol. The van der Waals surface area contributed by atoms with Gasteiger partial charge in [0.1, 0.15) is 12.4 Å². The first-order valence-electron chi connectivity index (χ1n) is 7.65. The molecule has 0 aliphatic carbocycles. The minimum Gasteiger partial charge on any atom is -0.488 e. The van der Waals surface area contributed by atoms with Crippen molar-refractivity contribution in [3.8, 4) is 5.75 Å². The Morgan fingerprint density at radius 3 is 3.09 bits per heavy atom. The molecule has 2 atom stereocenters. The van der Waals surface area contributed by atoms with E-state index in [9.17, 15) is 9.90 Å². The third-order valence-electron chi connectivity index (χ3n) is 4.39. The minimum absolute atomic E-state index is 0.00373. The Hall–Kier alpha value is -1.52. The summed E-state index contributed by atoms with van der Waals surface area (Å²) < 4.78 is 5.65. The number of aliphatic hydroxyl groups excluding tert-OH is 1. The van der Waals surface area contributed by atoms with Crippen molar-refractivity contribution in [2.45, 2.75) is 25.9 Å². The summed E-state index contributed by atoms with van der Waals surface area (Å²) in [5.74, 6) is 0.905. The van der Waals surface area contributed by atoms with E-state index in [4.69, 9.17) is 16.3 Å². The van der Waals surface area contributed by atoms with Crippen molar-refractivity contribution in [3.63, 3.8) is 0 Å². The van der Waals surface area contributed by atoms with Crippen LogP contribution in [-0.4, -0.2) is 41.7 Å². The summed E-state index contributed by atoms with van der Waals surface area (Å²) in [6, 6.07) is 5.40. The van der Waals surface area contributed by atoms with Crippen LogP contribution in [0.5, 0.6) is 5.75 Å². The molecule has 22 heavy (non-hydrogen) atoms. The van der Waals surface area contributed by atoms with Gasteiger partial charge in [0.25, 0.3) is 5.91 Å². The molecule has 2 heterocycles. The molecule has 1 N–H and O–H groups in total. The lowest BCUT2D eigenvalue weighted by Crippen LogP contribution is -2.44. The van der Waals surface area contributed by atoms with Gasteiger partial charge >= 0.3 is 0 Å². The lowest BCUT2D eigenvalue weighted by atomic mass is 9.93. The molecule has 1 saturated heterocycles.